The van der Waals surface area contributed by atoms with Crippen LogP contribution in [0.15, 0.2) is 24.3 Å². The number of phenolic OH excluding ortho intramolecular Hbond substituents is 4. The molecule has 0 amide bonds. The molecule has 1 atom stereocenters. The largest absolute Gasteiger partial charge is 0.508 e. The van der Waals surface area contributed by atoms with Crippen molar-refractivity contribution in [3.05, 3.63) is 41.0 Å². The molecule has 110 valence electrons. The van der Waals surface area contributed by atoms with Crippen molar-refractivity contribution in [3.63, 3.8) is 0 Å². The predicted octanol–water partition coefficient (Wildman–Crippen LogP) is 2.88. The first kappa shape index (κ1) is 13.4. The quantitative estimate of drug-likeness (QED) is 0.606. The Hall–Kier alpha value is -2.56. The number of aryl methyl sites for hydroxylation is 1. The SMILES string of the molecule is Cc1cc([C@@H]2CCc3c(O)cc(O)cc3O2)cc(O)c1O. The fourth-order valence-electron chi connectivity index (χ4n) is 2.67. The molecular formula is C16H16O5. The predicted molar refractivity (Wildman–Crippen MR) is 76.0 cm³/mol. The van der Waals surface area contributed by atoms with Crippen molar-refractivity contribution in [1.29, 1.82) is 0 Å². The maximum Gasteiger partial charge on any atom is 0.160 e. The Labute approximate surface area is 121 Å². The number of hydrogen-bond donors (Lipinski definition) is 4. The maximum atomic E-state index is 9.81. The van der Waals surface area contributed by atoms with E-state index in [4.69, 9.17) is 4.74 Å². The van der Waals surface area contributed by atoms with Crippen LogP contribution in [0.25, 0.3) is 0 Å². The van der Waals surface area contributed by atoms with Gasteiger partial charge in [-0.05, 0) is 43.0 Å². The van der Waals surface area contributed by atoms with Crippen molar-refractivity contribution in [3.8, 4) is 28.7 Å². The lowest BCUT2D eigenvalue weighted by Crippen LogP contribution is -2.15. The van der Waals surface area contributed by atoms with E-state index >= 15 is 0 Å². The summed E-state index contributed by atoms with van der Waals surface area (Å²) in [6.07, 6.45) is 0.936. The van der Waals surface area contributed by atoms with Gasteiger partial charge in [-0.1, -0.05) is 0 Å². The van der Waals surface area contributed by atoms with Crippen LogP contribution in [0.1, 0.15) is 29.2 Å². The average Bonchev–Trinajstić information content (AvgIpc) is 2.43. The number of phenols is 4. The molecule has 5 heteroatoms. The third-order valence-corrected chi connectivity index (χ3v) is 3.77. The smallest absolute Gasteiger partial charge is 0.160 e. The highest BCUT2D eigenvalue weighted by Crippen LogP contribution is 2.43. The summed E-state index contributed by atoms with van der Waals surface area (Å²) in [5.74, 6) is 0.0854. The van der Waals surface area contributed by atoms with E-state index in [1.54, 1.807) is 13.0 Å². The summed E-state index contributed by atoms with van der Waals surface area (Å²) in [5.41, 5.74) is 1.98. The van der Waals surface area contributed by atoms with Gasteiger partial charge in [0.05, 0.1) is 0 Å². The first-order valence-corrected chi connectivity index (χ1v) is 6.69. The van der Waals surface area contributed by atoms with Gasteiger partial charge in [-0.15, -0.1) is 0 Å². The van der Waals surface area contributed by atoms with E-state index in [1.165, 1.54) is 18.2 Å². The molecule has 0 saturated carbocycles. The molecule has 0 spiro atoms. The minimum Gasteiger partial charge on any atom is -0.508 e. The van der Waals surface area contributed by atoms with Crippen LogP contribution in [0.2, 0.25) is 0 Å². The fraction of sp³-hybridized carbons (Fsp3) is 0.250. The molecule has 0 aromatic heterocycles. The number of benzene rings is 2. The van der Waals surface area contributed by atoms with Gasteiger partial charge in [0.15, 0.2) is 11.5 Å². The Morgan fingerprint density at radius 2 is 1.76 bits per heavy atom. The van der Waals surface area contributed by atoms with Gasteiger partial charge in [-0.2, -0.15) is 0 Å². The van der Waals surface area contributed by atoms with Crippen molar-refractivity contribution in [2.75, 3.05) is 0 Å². The topological polar surface area (TPSA) is 90.2 Å². The van der Waals surface area contributed by atoms with Crippen LogP contribution in [0, 0.1) is 6.92 Å². The maximum absolute atomic E-state index is 9.81. The molecular weight excluding hydrogens is 272 g/mol. The van der Waals surface area contributed by atoms with E-state index in [-0.39, 0.29) is 29.1 Å². The lowest BCUT2D eigenvalue weighted by Gasteiger charge is -2.27. The minimum absolute atomic E-state index is 0.0215. The molecule has 0 fully saturated rings. The standard InChI is InChI=1S/C16H16O5/c1-8-4-9(5-13(19)16(8)20)14-3-2-11-12(18)6-10(17)7-15(11)21-14/h4-7,14,17-20H,2-3H2,1H3/t14-/m0/s1. The third kappa shape index (κ3) is 2.31. The zero-order chi connectivity index (χ0) is 15.1. The van der Waals surface area contributed by atoms with Gasteiger partial charge in [0.25, 0.3) is 0 Å². The lowest BCUT2D eigenvalue weighted by atomic mass is 9.95. The summed E-state index contributed by atoms with van der Waals surface area (Å²) in [6.45, 7) is 1.70. The van der Waals surface area contributed by atoms with Gasteiger partial charge in [0.2, 0.25) is 0 Å². The zero-order valence-electron chi connectivity index (χ0n) is 11.5. The van der Waals surface area contributed by atoms with E-state index in [2.05, 4.69) is 0 Å². The van der Waals surface area contributed by atoms with Crippen LogP contribution < -0.4 is 4.74 Å². The van der Waals surface area contributed by atoms with Crippen molar-refractivity contribution in [1.82, 2.24) is 0 Å². The van der Waals surface area contributed by atoms with E-state index in [1.807, 2.05) is 0 Å². The second kappa shape index (κ2) is 4.77. The number of ether oxygens (including phenoxy) is 1. The fourth-order valence-corrected chi connectivity index (χ4v) is 2.67. The molecule has 2 aromatic rings. The molecule has 0 radical (unpaired) electrons. The molecule has 0 unspecified atom stereocenters. The molecule has 1 heterocycles. The number of hydrogen-bond acceptors (Lipinski definition) is 5. The highest BCUT2D eigenvalue weighted by atomic mass is 16.5. The lowest BCUT2D eigenvalue weighted by molar-refractivity contribution is 0.173. The molecule has 3 rings (SSSR count). The monoisotopic (exact) mass is 288 g/mol. The van der Waals surface area contributed by atoms with Crippen molar-refractivity contribution in [2.24, 2.45) is 0 Å². The summed E-state index contributed by atoms with van der Waals surface area (Å²) in [7, 11) is 0. The molecule has 21 heavy (non-hydrogen) atoms. The third-order valence-electron chi connectivity index (χ3n) is 3.77. The second-order valence-electron chi connectivity index (χ2n) is 5.29. The van der Waals surface area contributed by atoms with Crippen LogP contribution in [0.5, 0.6) is 28.7 Å². The minimum atomic E-state index is -0.302. The molecule has 0 aliphatic carbocycles. The van der Waals surface area contributed by atoms with Crippen LogP contribution in [-0.4, -0.2) is 20.4 Å². The Morgan fingerprint density at radius 3 is 2.48 bits per heavy atom. The summed E-state index contributed by atoms with van der Waals surface area (Å²) in [5, 5.41) is 38.7. The summed E-state index contributed by atoms with van der Waals surface area (Å²) in [4.78, 5) is 0. The molecule has 0 saturated heterocycles. The van der Waals surface area contributed by atoms with Gasteiger partial charge in [0, 0.05) is 17.7 Å². The summed E-state index contributed by atoms with van der Waals surface area (Å²) < 4.78 is 5.82. The Kier molecular flexibility index (Phi) is 3.05. The van der Waals surface area contributed by atoms with Crippen molar-refractivity contribution >= 4 is 0 Å². The van der Waals surface area contributed by atoms with Crippen molar-refractivity contribution in [2.45, 2.75) is 25.9 Å². The van der Waals surface area contributed by atoms with Gasteiger partial charge in [0.1, 0.15) is 23.4 Å². The van der Waals surface area contributed by atoms with Crippen LogP contribution in [0.3, 0.4) is 0 Å². The summed E-state index contributed by atoms with van der Waals surface area (Å²) >= 11 is 0. The first-order valence-electron chi connectivity index (χ1n) is 6.69. The molecule has 0 bridgehead atoms. The van der Waals surface area contributed by atoms with Crippen LogP contribution in [-0.2, 0) is 6.42 Å². The van der Waals surface area contributed by atoms with Gasteiger partial charge < -0.3 is 25.2 Å². The zero-order valence-corrected chi connectivity index (χ0v) is 11.5. The Bertz CT molecular complexity index is 685. The first-order chi connectivity index (χ1) is 9.95. The highest BCUT2D eigenvalue weighted by Gasteiger charge is 2.25. The average molecular weight is 288 g/mol. The summed E-state index contributed by atoms with van der Waals surface area (Å²) in [6, 6.07) is 5.99. The van der Waals surface area contributed by atoms with E-state index in [9.17, 15) is 20.4 Å². The molecule has 5 nitrogen and oxygen atoms in total. The second-order valence-corrected chi connectivity index (χ2v) is 5.29. The van der Waals surface area contributed by atoms with E-state index < -0.39 is 0 Å². The van der Waals surface area contributed by atoms with Crippen LogP contribution >= 0.6 is 0 Å². The van der Waals surface area contributed by atoms with Gasteiger partial charge in [-0.3, -0.25) is 0 Å². The molecule has 1 aliphatic rings. The number of rotatable bonds is 1. The van der Waals surface area contributed by atoms with Crippen LogP contribution in [0.4, 0.5) is 0 Å². The van der Waals surface area contributed by atoms with E-state index in [0.29, 0.717) is 29.7 Å². The Morgan fingerprint density at radius 1 is 1.00 bits per heavy atom. The van der Waals surface area contributed by atoms with Gasteiger partial charge >= 0.3 is 0 Å². The molecule has 4 N–H and O–H groups in total. The molecule has 1 aliphatic heterocycles. The normalized spacial score (nSPS) is 17.1. The van der Waals surface area contributed by atoms with Gasteiger partial charge in [-0.25, -0.2) is 0 Å². The molecule has 2 aromatic carbocycles. The number of fused-ring (bicyclic) bond motifs is 1. The Balaban J connectivity index is 1.96. The number of aromatic hydroxyl groups is 4. The van der Waals surface area contributed by atoms with Crippen molar-refractivity contribution < 1.29 is 25.2 Å². The highest BCUT2D eigenvalue weighted by molar-refractivity contribution is 5.52. The van der Waals surface area contributed by atoms with E-state index in [0.717, 1.165) is 5.56 Å².